The molecule has 0 aliphatic rings. The fourth-order valence-corrected chi connectivity index (χ4v) is 2.00. The highest BCUT2D eigenvalue weighted by atomic mass is 15.2. The molecule has 2 aromatic heterocycles. The molecule has 0 saturated heterocycles. The molecule has 3 rings (SSSR count). The van der Waals surface area contributed by atoms with Crippen LogP contribution in [0.5, 0.6) is 0 Å². The summed E-state index contributed by atoms with van der Waals surface area (Å²) in [5.41, 5.74) is 2.75. The molecule has 0 unspecified atom stereocenters. The first-order valence-corrected chi connectivity index (χ1v) is 5.19. The third-order valence-corrected chi connectivity index (χ3v) is 2.73. The van der Waals surface area contributed by atoms with Gasteiger partial charge >= 0.3 is 0 Å². The highest BCUT2D eigenvalue weighted by Crippen LogP contribution is 2.23. The Morgan fingerprint density at radius 2 is 2.18 bits per heavy atom. The van der Waals surface area contributed by atoms with Crippen LogP contribution in [-0.2, 0) is 0 Å². The van der Waals surface area contributed by atoms with E-state index in [1.807, 2.05) is 37.4 Å². The van der Waals surface area contributed by atoms with E-state index in [-0.39, 0.29) is 0 Å². The number of hydrogen-bond donors (Lipinski definition) is 1. The number of para-hydroxylation sites is 1. The van der Waals surface area contributed by atoms with Crippen LogP contribution in [0.25, 0.3) is 16.4 Å². The minimum atomic E-state index is 0.488. The first-order valence-electron chi connectivity index (χ1n) is 5.19. The van der Waals surface area contributed by atoms with Crippen molar-refractivity contribution in [1.82, 2.24) is 14.4 Å². The maximum atomic E-state index is 8.72. The van der Waals surface area contributed by atoms with Gasteiger partial charge in [-0.2, -0.15) is 5.26 Å². The third kappa shape index (κ3) is 1.31. The molecule has 0 saturated carbocycles. The minimum Gasteiger partial charge on any atom is -0.268 e. The van der Waals surface area contributed by atoms with Gasteiger partial charge in [-0.25, -0.2) is 9.97 Å². The van der Waals surface area contributed by atoms with E-state index >= 15 is 0 Å². The van der Waals surface area contributed by atoms with Crippen molar-refractivity contribution in [2.75, 3.05) is 5.32 Å². The lowest BCUT2D eigenvalue weighted by Gasteiger charge is -2.06. The lowest BCUT2D eigenvalue weighted by molar-refractivity contribution is 1.10. The Morgan fingerprint density at radius 3 is 3.00 bits per heavy atom. The molecule has 0 radical (unpaired) electrons. The normalized spacial score (nSPS) is 10.6. The van der Waals surface area contributed by atoms with Crippen molar-refractivity contribution in [3.05, 3.63) is 36.3 Å². The number of imidazole rings is 1. The van der Waals surface area contributed by atoms with Crippen molar-refractivity contribution >= 4 is 22.4 Å². The summed E-state index contributed by atoms with van der Waals surface area (Å²) in [7, 11) is 0. The zero-order chi connectivity index (χ0) is 11.8. The molecule has 0 aliphatic carbocycles. The summed E-state index contributed by atoms with van der Waals surface area (Å²) in [4.78, 5) is 8.66. The van der Waals surface area contributed by atoms with Crippen LogP contribution in [0, 0.1) is 18.4 Å². The number of aromatic nitrogens is 3. The standard InChI is InChI=1S/C12H9N5/c1-8-11-9-4-2-3-5-10(9)16-12(14-6-13)17(11)7-15-8/h2-5,7H,1H3,(H,14,16). The fraction of sp³-hybridized carbons (Fsp3) is 0.0833. The Hall–Kier alpha value is -2.61. The van der Waals surface area contributed by atoms with E-state index in [1.54, 1.807) is 10.7 Å². The number of nitrogens with one attached hydrogen (secondary N) is 1. The predicted molar refractivity (Wildman–Crippen MR) is 64.5 cm³/mol. The largest absolute Gasteiger partial charge is 0.268 e. The van der Waals surface area contributed by atoms with Crippen molar-refractivity contribution < 1.29 is 0 Å². The molecule has 0 atom stereocenters. The molecular weight excluding hydrogens is 214 g/mol. The van der Waals surface area contributed by atoms with Gasteiger partial charge in [0.25, 0.3) is 0 Å². The Labute approximate surface area is 97.3 Å². The van der Waals surface area contributed by atoms with Gasteiger partial charge in [-0.1, -0.05) is 18.2 Å². The molecule has 5 nitrogen and oxygen atoms in total. The van der Waals surface area contributed by atoms with Crippen LogP contribution in [0.1, 0.15) is 5.69 Å². The number of aryl methyl sites for hydroxylation is 1. The van der Waals surface area contributed by atoms with Crippen molar-refractivity contribution in [3.8, 4) is 6.19 Å². The predicted octanol–water partition coefficient (Wildman–Crippen LogP) is 2.08. The average molecular weight is 223 g/mol. The SMILES string of the molecule is Cc1ncn2c(NC#N)nc3ccccc3c12. The summed E-state index contributed by atoms with van der Waals surface area (Å²) in [6.07, 6.45) is 3.56. The van der Waals surface area contributed by atoms with Crippen LogP contribution in [0.2, 0.25) is 0 Å². The molecule has 82 valence electrons. The second kappa shape index (κ2) is 3.46. The smallest absolute Gasteiger partial charge is 0.222 e. The molecule has 2 heterocycles. The average Bonchev–Trinajstić information content (AvgIpc) is 2.73. The van der Waals surface area contributed by atoms with Gasteiger partial charge in [0.05, 0.1) is 16.7 Å². The van der Waals surface area contributed by atoms with Gasteiger partial charge in [-0.3, -0.25) is 9.72 Å². The van der Waals surface area contributed by atoms with E-state index in [2.05, 4.69) is 15.3 Å². The number of nitriles is 1. The lowest BCUT2D eigenvalue weighted by atomic mass is 10.2. The molecule has 0 amide bonds. The zero-order valence-electron chi connectivity index (χ0n) is 9.18. The number of rotatable bonds is 1. The van der Waals surface area contributed by atoms with Crippen molar-refractivity contribution in [1.29, 1.82) is 5.26 Å². The van der Waals surface area contributed by atoms with Gasteiger partial charge in [-0.15, -0.1) is 0 Å². The van der Waals surface area contributed by atoms with Crippen LogP contribution in [0.3, 0.4) is 0 Å². The van der Waals surface area contributed by atoms with E-state index in [9.17, 15) is 0 Å². The topological polar surface area (TPSA) is 66.0 Å². The van der Waals surface area contributed by atoms with Crippen molar-refractivity contribution in [3.63, 3.8) is 0 Å². The molecule has 0 aliphatic heterocycles. The first kappa shape index (κ1) is 9.60. The Balaban J connectivity index is 2.53. The van der Waals surface area contributed by atoms with Crippen LogP contribution < -0.4 is 5.32 Å². The quantitative estimate of drug-likeness (QED) is 0.506. The monoisotopic (exact) mass is 223 g/mol. The number of nitrogens with zero attached hydrogens (tertiary/aromatic N) is 4. The summed E-state index contributed by atoms with van der Waals surface area (Å²) >= 11 is 0. The third-order valence-electron chi connectivity index (χ3n) is 2.73. The van der Waals surface area contributed by atoms with Crippen molar-refractivity contribution in [2.45, 2.75) is 6.92 Å². The van der Waals surface area contributed by atoms with E-state index in [1.165, 1.54) is 0 Å². The second-order valence-corrected chi connectivity index (χ2v) is 3.74. The van der Waals surface area contributed by atoms with Gasteiger partial charge in [0, 0.05) is 5.39 Å². The van der Waals surface area contributed by atoms with Crippen LogP contribution >= 0.6 is 0 Å². The summed E-state index contributed by atoms with van der Waals surface area (Å²) in [6, 6.07) is 7.81. The van der Waals surface area contributed by atoms with Gasteiger partial charge < -0.3 is 0 Å². The highest BCUT2D eigenvalue weighted by Gasteiger charge is 2.10. The molecule has 17 heavy (non-hydrogen) atoms. The van der Waals surface area contributed by atoms with E-state index in [4.69, 9.17) is 5.26 Å². The van der Waals surface area contributed by atoms with Gasteiger partial charge in [0.1, 0.15) is 6.33 Å². The van der Waals surface area contributed by atoms with E-state index in [0.717, 1.165) is 22.1 Å². The first-order chi connectivity index (χ1) is 8.31. The summed E-state index contributed by atoms with van der Waals surface area (Å²) < 4.78 is 1.79. The molecule has 0 bridgehead atoms. The zero-order valence-corrected chi connectivity index (χ0v) is 9.18. The Kier molecular flexibility index (Phi) is 1.95. The summed E-state index contributed by atoms with van der Waals surface area (Å²) in [6.45, 7) is 1.94. The van der Waals surface area contributed by atoms with E-state index in [0.29, 0.717) is 5.95 Å². The lowest BCUT2D eigenvalue weighted by Crippen LogP contribution is -2.00. The number of anilines is 1. The van der Waals surface area contributed by atoms with E-state index < -0.39 is 0 Å². The maximum Gasteiger partial charge on any atom is 0.222 e. The molecule has 5 heteroatoms. The van der Waals surface area contributed by atoms with Crippen LogP contribution in [0.15, 0.2) is 30.6 Å². The van der Waals surface area contributed by atoms with Crippen molar-refractivity contribution in [2.24, 2.45) is 0 Å². The Morgan fingerprint density at radius 1 is 1.35 bits per heavy atom. The number of fused-ring (bicyclic) bond motifs is 3. The van der Waals surface area contributed by atoms with Crippen LogP contribution in [0.4, 0.5) is 5.95 Å². The fourth-order valence-electron chi connectivity index (χ4n) is 2.00. The van der Waals surface area contributed by atoms with Crippen LogP contribution in [-0.4, -0.2) is 14.4 Å². The van der Waals surface area contributed by atoms with Gasteiger partial charge in [0.2, 0.25) is 5.95 Å². The minimum absolute atomic E-state index is 0.488. The maximum absolute atomic E-state index is 8.72. The molecule has 3 aromatic rings. The molecule has 0 fully saturated rings. The summed E-state index contributed by atoms with van der Waals surface area (Å²) in [5, 5.41) is 12.3. The Bertz CT molecular complexity index is 751. The molecule has 1 N–H and O–H groups in total. The second-order valence-electron chi connectivity index (χ2n) is 3.74. The molecule has 0 spiro atoms. The van der Waals surface area contributed by atoms with Gasteiger partial charge in [0.15, 0.2) is 6.19 Å². The number of hydrogen-bond acceptors (Lipinski definition) is 4. The summed E-state index contributed by atoms with van der Waals surface area (Å²) in [5.74, 6) is 0.488. The molecular formula is C12H9N5. The number of benzene rings is 1. The van der Waals surface area contributed by atoms with Gasteiger partial charge in [-0.05, 0) is 13.0 Å². The highest BCUT2D eigenvalue weighted by molar-refractivity contribution is 5.95. The molecule has 1 aromatic carbocycles.